The van der Waals surface area contributed by atoms with Crippen LogP contribution in [-0.4, -0.2) is 29.2 Å². The lowest BCUT2D eigenvalue weighted by Crippen LogP contribution is -2.20. The van der Waals surface area contributed by atoms with Crippen LogP contribution in [0.1, 0.15) is 0 Å². The zero-order valence-corrected chi connectivity index (χ0v) is 18.0. The van der Waals surface area contributed by atoms with Crippen molar-refractivity contribution in [3.8, 4) is 5.75 Å². The molecule has 4 rings (SSSR count). The van der Waals surface area contributed by atoms with E-state index >= 15 is 0 Å². The van der Waals surface area contributed by atoms with Crippen LogP contribution in [0.5, 0.6) is 5.75 Å². The van der Waals surface area contributed by atoms with Crippen LogP contribution in [0.25, 0.3) is 10.2 Å². The van der Waals surface area contributed by atoms with E-state index in [0.29, 0.717) is 16.6 Å². The molecule has 3 aromatic carbocycles. The first-order valence-electron chi connectivity index (χ1n) is 9.52. The van der Waals surface area contributed by atoms with Gasteiger partial charge in [-0.05, 0) is 42.5 Å². The standard InChI is InChI=1S/C23H19N3O3S2/c27-21(14-29-17-8-2-1-3-9-17)24-16-7-6-10-18(13-16)30-15-22(28)26-23-25-19-11-4-5-12-20(19)31-23/h1-13H,14-15H2,(H,24,27)(H,25,26,28). The summed E-state index contributed by atoms with van der Waals surface area (Å²) in [6.07, 6.45) is 0. The van der Waals surface area contributed by atoms with E-state index in [9.17, 15) is 9.59 Å². The Labute approximate surface area is 187 Å². The van der Waals surface area contributed by atoms with Crippen molar-refractivity contribution in [2.24, 2.45) is 0 Å². The quantitative estimate of drug-likeness (QED) is 0.368. The number of thioether (sulfide) groups is 1. The average molecular weight is 450 g/mol. The third kappa shape index (κ3) is 6.07. The molecule has 2 N–H and O–H groups in total. The lowest BCUT2D eigenvalue weighted by molar-refractivity contribution is -0.118. The molecule has 0 saturated carbocycles. The van der Waals surface area contributed by atoms with Crippen LogP contribution < -0.4 is 15.4 Å². The fourth-order valence-corrected chi connectivity index (χ4v) is 4.39. The van der Waals surface area contributed by atoms with Crippen LogP contribution in [0.2, 0.25) is 0 Å². The van der Waals surface area contributed by atoms with Crippen LogP contribution in [-0.2, 0) is 9.59 Å². The van der Waals surface area contributed by atoms with Gasteiger partial charge < -0.3 is 15.4 Å². The van der Waals surface area contributed by atoms with Crippen molar-refractivity contribution in [3.05, 3.63) is 78.9 Å². The third-order valence-electron chi connectivity index (χ3n) is 4.14. The predicted octanol–water partition coefficient (Wildman–Crippen LogP) is 5.04. The Morgan fingerprint density at radius 1 is 0.903 bits per heavy atom. The molecule has 0 saturated heterocycles. The fraction of sp³-hybridized carbons (Fsp3) is 0.0870. The van der Waals surface area contributed by atoms with E-state index in [-0.39, 0.29) is 24.2 Å². The second kappa shape index (κ2) is 10.1. The molecule has 8 heteroatoms. The van der Waals surface area contributed by atoms with Gasteiger partial charge in [0.15, 0.2) is 11.7 Å². The molecule has 0 radical (unpaired) electrons. The topological polar surface area (TPSA) is 80.3 Å². The Morgan fingerprint density at radius 2 is 1.71 bits per heavy atom. The van der Waals surface area contributed by atoms with Gasteiger partial charge in [0.25, 0.3) is 5.91 Å². The number of ether oxygens (including phenoxy) is 1. The number of rotatable bonds is 8. The number of hydrogen-bond acceptors (Lipinski definition) is 6. The Hall–Kier alpha value is -3.36. The van der Waals surface area contributed by atoms with E-state index in [0.717, 1.165) is 15.1 Å². The van der Waals surface area contributed by atoms with Crippen molar-refractivity contribution in [1.82, 2.24) is 4.98 Å². The molecule has 0 aliphatic heterocycles. The number of carbonyl (C=O) groups excluding carboxylic acids is 2. The normalized spacial score (nSPS) is 10.6. The molecule has 31 heavy (non-hydrogen) atoms. The molecule has 156 valence electrons. The number of nitrogens with one attached hydrogen (secondary N) is 2. The highest BCUT2D eigenvalue weighted by Gasteiger charge is 2.09. The summed E-state index contributed by atoms with van der Waals surface area (Å²) in [6.45, 7) is -0.0774. The summed E-state index contributed by atoms with van der Waals surface area (Å²) in [6, 6.07) is 24.3. The molecule has 0 unspecified atom stereocenters. The summed E-state index contributed by atoms with van der Waals surface area (Å²) in [4.78, 5) is 29.7. The zero-order chi connectivity index (χ0) is 21.5. The molecule has 1 heterocycles. The third-order valence-corrected chi connectivity index (χ3v) is 6.09. The van der Waals surface area contributed by atoms with Gasteiger partial charge in [0.2, 0.25) is 5.91 Å². The number of benzene rings is 3. The molecule has 0 aliphatic carbocycles. The van der Waals surface area contributed by atoms with E-state index < -0.39 is 0 Å². The lowest BCUT2D eigenvalue weighted by atomic mass is 10.3. The number of fused-ring (bicyclic) bond motifs is 1. The molecule has 0 bridgehead atoms. The Kier molecular flexibility index (Phi) is 6.81. The molecular weight excluding hydrogens is 430 g/mol. The minimum atomic E-state index is -0.250. The van der Waals surface area contributed by atoms with Gasteiger partial charge in [-0.1, -0.05) is 47.7 Å². The monoisotopic (exact) mass is 449 g/mol. The van der Waals surface area contributed by atoms with Gasteiger partial charge in [-0.3, -0.25) is 9.59 Å². The van der Waals surface area contributed by atoms with Crippen molar-refractivity contribution < 1.29 is 14.3 Å². The van der Waals surface area contributed by atoms with Crippen LogP contribution in [0.3, 0.4) is 0 Å². The van der Waals surface area contributed by atoms with E-state index in [4.69, 9.17) is 4.74 Å². The largest absolute Gasteiger partial charge is 0.484 e. The zero-order valence-electron chi connectivity index (χ0n) is 16.4. The summed E-state index contributed by atoms with van der Waals surface area (Å²) in [5, 5.41) is 6.24. The number of nitrogens with zero attached hydrogens (tertiary/aromatic N) is 1. The maximum atomic E-state index is 12.3. The number of hydrogen-bond donors (Lipinski definition) is 2. The number of para-hydroxylation sites is 2. The summed E-state index contributed by atoms with van der Waals surface area (Å²) in [5.74, 6) is 0.500. The van der Waals surface area contributed by atoms with Crippen LogP contribution in [0.15, 0.2) is 83.8 Å². The molecule has 0 atom stereocenters. The first-order valence-corrected chi connectivity index (χ1v) is 11.3. The van der Waals surface area contributed by atoms with Gasteiger partial charge in [-0.15, -0.1) is 11.8 Å². The molecule has 1 aromatic heterocycles. The van der Waals surface area contributed by atoms with Gasteiger partial charge in [-0.25, -0.2) is 4.98 Å². The van der Waals surface area contributed by atoms with Crippen molar-refractivity contribution in [2.75, 3.05) is 23.0 Å². The first-order chi connectivity index (χ1) is 15.2. The van der Waals surface area contributed by atoms with Gasteiger partial charge in [0, 0.05) is 10.6 Å². The number of amides is 2. The van der Waals surface area contributed by atoms with E-state index in [1.165, 1.54) is 23.1 Å². The SMILES string of the molecule is O=C(COc1ccccc1)Nc1cccc(SCC(=O)Nc2nc3ccccc3s2)c1. The lowest BCUT2D eigenvalue weighted by Gasteiger charge is -2.09. The number of anilines is 2. The molecule has 0 aliphatic rings. The highest BCUT2D eigenvalue weighted by molar-refractivity contribution is 8.00. The van der Waals surface area contributed by atoms with E-state index in [1.807, 2.05) is 60.7 Å². The minimum absolute atomic E-state index is 0.0774. The van der Waals surface area contributed by atoms with Crippen molar-refractivity contribution in [1.29, 1.82) is 0 Å². The summed E-state index contributed by atoms with van der Waals surface area (Å²) in [5.41, 5.74) is 1.52. The smallest absolute Gasteiger partial charge is 0.262 e. The highest BCUT2D eigenvalue weighted by Crippen LogP contribution is 2.26. The second-order valence-corrected chi connectivity index (χ2v) is 8.58. The fourth-order valence-electron chi connectivity index (χ4n) is 2.76. The number of thiazole rings is 1. The van der Waals surface area contributed by atoms with Gasteiger partial charge >= 0.3 is 0 Å². The molecular formula is C23H19N3O3S2. The predicted molar refractivity (Wildman–Crippen MR) is 126 cm³/mol. The average Bonchev–Trinajstić information content (AvgIpc) is 3.19. The minimum Gasteiger partial charge on any atom is -0.484 e. The van der Waals surface area contributed by atoms with Crippen molar-refractivity contribution in [2.45, 2.75) is 4.90 Å². The Bertz CT molecular complexity index is 1160. The van der Waals surface area contributed by atoms with E-state index in [2.05, 4.69) is 15.6 Å². The maximum Gasteiger partial charge on any atom is 0.262 e. The Morgan fingerprint density at radius 3 is 2.55 bits per heavy atom. The van der Waals surface area contributed by atoms with Gasteiger partial charge in [0.05, 0.1) is 16.0 Å². The van der Waals surface area contributed by atoms with Gasteiger partial charge in [-0.2, -0.15) is 0 Å². The van der Waals surface area contributed by atoms with Gasteiger partial charge in [0.1, 0.15) is 5.75 Å². The van der Waals surface area contributed by atoms with Crippen molar-refractivity contribution >= 4 is 55.9 Å². The van der Waals surface area contributed by atoms with Crippen LogP contribution in [0, 0.1) is 0 Å². The molecule has 4 aromatic rings. The molecule has 6 nitrogen and oxygen atoms in total. The first kappa shape index (κ1) is 20.9. The summed E-state index contributed by atoms with van der Waals surface area (Å²) >= 11 is 2.84. The second-order valence-electron chi connectivity index (χ2n) is 6.50. The Balaban J connectivity index is 1.26. The maximum absolute atomic E-state index is 12.3. The molecule has 0 fully saturated rings. The molecule has 0 spiro atoms. The molecule has 2 amide bonds. The van der Waals surface area contributed by atoms with E-state index in [1.54, 1.807) is 18.2 Å². The van der Waals surface area contributed by atoms with Crippen molar-refractivity contribution in [3.63, 3.8) is 0 Å². The number of carbonyl (C=O) groups is 2. The van der Waals surface area contributed by atoms with Crippen LogP contribution >= 0.6 is 23.1 Å². The number of aromatic nitrogens is 1. The summed E-state index contributed by atoms with van der Waals surface area (Å²) < 4.78 is 6.49. The summed E-state index contributed by atoms with van der Waals surface area (Å²) in [7, 11) is 0. The highest BCUT2D eigenvalue weighted by atomic mass is 32.2. The van der Waals surface area contributed by atoms with Crippen LogP contribution in [0.4, 0.5) is 10.8 Å².